The number of hydrazine groups is 1. The molecule has 1 aliphatic rings. The highest BCUT2D eigenvalue weighted by Crippen LogP contribution is 2.09. The van der Waals surface area contributed by atoms with E-state index >= 15 is 0 Å². The van der Waals surface area contributed by atoms with Crippen molar-refractivity contribution in [1.29, 1.82) is 0 Å². The molecular weight excluding hydrogens is 200 g/mol. The van der Waals surface area contributed by atoms with Gasteiger partial charge in [0.1, 0.15) is 5.60 Å². The molecule has 2 N–H and O–H groups in total. The summed E-state index contributed by atoms with van der Waals surface area (Å²) in [6.45, 7) is 5.10. The van der Waals surface area contributed by atoms with Crippen LogP contribution in [0.15, 0.2) is 12.2 Å². The van der Waals surface area contributed by atoms with Gasteiger partial charge in [-0.15, -0.1) is 0 Å². The van der Waals surface area contributed by atoms with Crippen LogP contribution in [0, 0.1) is 0 Å². The van der Waals surface area contributed by atoms with E-state index in [1.807, 2.05) is 0 Å². The van der Waals surface area contributed by atoms with Gasteiger partial charge in [-0.3, -0.25) is 4.79 Å². The van der Waals surface area contributed by atoms with Crippen molar-refractivity contribution in [2.45, 2.75) is 32.6 Å². The molecule has 2 amide bonds. The zero-order valence-corrected chi connectivity index (χ0v) is 8.85. The molecular formula is C9H14N2O4. The summed E-state index contributed by atoms with van der Waals surface area (Å²) in [5.41, 5.74) is 1.50. The van der Waals surface area contributed by atoms with Gasteiger partial charge in [0, 0.05) is 6.08 Å². The first-order valence-corrected chi connectivity index (χ1v) is 4.49. The molecule has 0 radical (unpaired) electrons. The minimum atomic E-state index is -1.13. The molecule has 84 valence electrons. The molecule has 1 atom stereocenters. The minimum Gasteiger partial charge on any atom is -0.443 e. The van der Waals surface area contributed by atoms with Gasteiger partial charge in [-0.05, 0) is 26.8 Å². The SMILES string of the molecule is CC(C)(C)OC(=O)NN1C(=O)C=CC1O. The van der Waals surface area contributed by atoms with Gasteiger partial charge in [-0.25, -0.2) is 15.2 Å². The monoisotopic (exact) mass is 214 g/mol. The Balaban J connectivity index is 2.49. The van der Waals surface area contributed by atoms with E-state index in [0.717, 1.165) is 5.01 Å². The summed E-state index contributed by atoms with van der Waals surface area (Å²) in [5, 5.41) is 10.0. The Labute approximate surface area is 87.5 Å². The Morgan fingerprint density at radius 3 is 2.60 bits per heavy atom. The van der Waals surface area contributed by atoms with Crippen LogP contribution in [0.5, 0.6) is 0 Å². The number of amides is 2. The zero-order valence-electron chi connectivity index (χ0n) is 8.85. The van der Waals surface area contributed by atoms with Crippen molar-refractivity contribution in [1.82, 2.24) is 10.4 Å². The maximum atomic E-state index is 11.2. The number of carbonyl (C=O) groups excluding carboxylic acids is 2. The first-order valence-electron chi connectivity index (χ1n) is 4.49. The smallest absolute Gasteiger partial charge is 0.426 e. The molecule has 1 rings (SSSR count). The predicted molar refractivity (Wildman–Crippen MR) is 51.4 cm³/mol. The summed E-state index contributed by atoms with van der Waals surface area (Å²) in [4.78, 5) is 22.3. The molecule has 15 heavy (non-hydrogen) atoms. The second-order valence-corrected chi connectivity index (χ2v) is 4.09. The Morgan fingerprint density at radius 1 is 1.60 bits per heavy atom. The average Bonchev–Trinajstić information content (AvgIpc) is 2.32. The van der Waals surface area contributed by atoms with Gasteiger partial charge in [0.25, 0.3) is 5.91 Å². The van der Waals surface area contributed by atoms with Crippen molar-refractivity contribution in [3.63, 3.8) is 0 Å². The highest BCUT2D eigenvalue weighted by molar-refractivity contribution is 5.91. The van der Waals surface area contributed by atoms with Crippen molar-refractivity contribution in [2.24, 2.45) is 0 Å². The predicted octanol–water partition coefficient (Wildman–Crippen LogP) is 0.143. The highest BCUT2D eigenvalue weighted by atomic mass is 16.6. The van der Waals surface area contributed by atoms with Gasteiger partial charge >= 0.3 is 6.09 Å². The van der Waals surface area contributed by atoms with Crippen LogP contribution in [0.1, 0.15) is 20.8 Å². The molecule has 0 spiro atoms. The van der Waals surface area contributed by atoms with Crippen LogP contribution in [0.25, 0.3) is 0 Å². The van der Waals surface area contributed by atoms with Crippen LogP contribution in [0.3, 0.4) is 0 Å². The molecule has 1 unspecified atom stereocenters. The Morgan fingerprint density at radius 2 is 2.20 bits per heavy atom. The fourth-order valence-corrected chi connectivity index (χ4v) is 0.986. The van der Waals surface area contributed by atoms with Crippen LogP contribution < -0.4 is 5.43 Å². The van der Waals surface area contributed by atoms with Gasteiger partial charge in [0.15, 0.2) is 6.23 Å². The molecule has 0 aromatic carbocycles. The summed E-state index contributed by atoms with van der Waals surface area (Å²) in [5.74, 6) is -0.492. The van der Waals surface area contributed by atoms with Crippen molar-refractivity contribution in [2.75, 3.05) is 0 Å². The molecule has 0 saturated carbocycles. The summed E-state index contributed by atoms with van der Waals surface area (Å²) in [6, 6.07) is 0. The molecule has 6 nitrogen and oxygen atoms in total. The quantitative estimate of drug-likeness (QED) is 0.651. The third kappa shape index (κ3) is 3.25. The number of aliphatic hydroxyl groups is 1. The van der Waals surface area contributed by atoms with Crippen molar-refractivity contribution < 1.29 is 19.4 Å². The summed E-state index contributed by atoms with van der Waals surface area (Å²) < 4.78 is 4.91. The molecule has 1 heterocycles. The average molecular weight is 214 g/mol. The van der Waals surface area contributed by atoms with Crippen molar-refractivity contribution in [3.05, 3.63) is 12.2 Å². The van der Waals surface area contributed by atoms with Gasteiger partial charge in [-0.1, -0.05) is 0 Å². The maximum absolute atomic E-state index is 11.2. The largest absolute Gasteiger partial charge is 0.443 e. The molecule has 0 bridgehead atoms. The lowest BCUT2D eigenvalue weighted by Crippen LogP contribution is -2.49. The number of ether oxygens (including phenoxy) is 1. The van der Waals surface area contributed by atoms with Crippen LogP contribution in [-0.4, -0.2) is 33.9 Å². The number of nitrogens with one attached hydrogen (secondary N) is 1. The molecule has 0 fully saturated rings. The van der Waals surface area contributed by atoms with Crippen molar-refractivity contribution in [3.8, 4) is 0 Å². The van der Waals surface area contributed by atoms with E-state index < -0.39 is 23.8 Å². The zero-order chi connectivity index (χ0) is 11.6. The second-order valence-electron chi connectivity index (χ2n) is 4.09. The van der Waals surface area contributed by atoms with E-state index in [1.165, 1.54) is 12.2 Å². The molecule has 0 aromatic heterocycles. The molecule has 0 saturated heterocycles. The van der Waals surface area contributed by atoms with E-state index in [-0.39, 0.29) is 0 Å². The van der Waals surface area contributed by atoms with Crippen LogP contribution in [-0.2, 0) is 9.53 Å². The third-order valence-electron chi connectivity index (χ3n) is 1.52. The van der Waals surface area contributed by atoms with E-state index in [4.69, 9.17) is 4.74 Å². The van der Waals surface area contributed by atoms with Gasteiger partial charge < -0.3 is 9.84 Å². The lowest BCUT2D eigenvalue weighted by Gasteiger charge is -2.24. The second kappa shape index (κ2) is 3.90. The van der Waals surface area contributed by atoms with E-state index in [2.05, 4.69) is 5.43 Å². The van der Waals surface area contributed by atoms with Crippen molar-refractivity contribution >= 4 is 12.0 Å². The number of hydrogen-bond donors (Lipinski definition) is 2. The standard InChI is InChI=1S/C9H14N2O4/c1-9(2,3)15-8(14)10-11-6(12)4-5-7(11)13/h4-6,12H,1-3H3,(H,10,14). The van der Waals surface area contributed by atoms with E-state index in [0.29, 0.717) is 0 Å². The Hall–Kier alpha value is -1.56. The number of rotatable bonds is 1. The van der Waals surface area contributed by atoms with Gasteiger partial charge in [-0.2, -0.15) is 0 Å². The fourth-order valence-electron chi connectivity index (χ4n) is 0.986. The first kappa shape index (κ1) is 11.5. The fraction of sp³-hybridized carbons (Fsp3) is 0.556. The lowest BCUT2D eigenvalue weighted by atomic mass is 10.2. The normalized spacial score (nSPS) is 20.7. The highest BCUT2D eigenvalue weighted by Gasteiger charge is 2.27. The lowest BCUT2D eigenvalue weighted by molar-refractivity contribution is -0.135. The Kier molecular flexibility index (Phi) is 2.99. The molecule has 0 aromatic rings. The number of hydrogen-bond acceptors (Lipinski definition) is 4. The summed E-state index contributed by atoms with van der Waals surface area (Å²) in [6.07, 6.45) is 0.519. The maximum Gasteiger partial charge on any atom is 0.426 e. The van der Waals surface area contributed by atoms with E-state index in [1.54, 1.807) is 20.8 Å². The van der Waals surface area contributed by atoms with Gasteiger partial charge in [0.05, 0.1) is 0 Å². The van der Waals surface area contributed by atoms with Crippen LogP contribution in [0.2, 0.25) is 0 Å². The third-order valence-corrected chi connectivity index (χ3v) is 1.52. The van der Waals surface area contributed by atoms with Gasteiger partial charge in [0.2, 0.25) is 0 Å². The number of nitrogens with zero attached hydrogens (tertiary/aromatic N) is 1. The Bertz CT molecular complexity index is 306. The first-order chi connectivity index (χ1) is 6.79. The molecule has 0 aliphatic carbocycles. The number of aliphatic hydroxyl groups excluding tert-OH is 1. The summed E-state index contributed by atoms with van der Waals surface area (Å²) in [7, 11) is 0. The summed E-state index contributed by atoms with van der Waals surface area (Å²) >= 11 is 0. The van der Waals surface area contributed by atoms with Crippen LogP contribution in [0.4, 0.5) is 4.79 Å². The topological polar surface area (TPSA) is 78.9 Å². The van der Waals surface area contributed by atoms with Crippen LogP contribution >= 0.6 is 0 Å². The van der Waals surface area contributed by atoms with E-state index in [9.17, 15) is 14.7 Å². The molecule has 6 heteroatoms. The number of carbonyl (C=O) groups is 2. The minimum absolute atomic E-state index is 0.492. The molecule has 1 aliphatic heterocycles.